The number of hydrogen-bond donors (Lipinski definition) is 2. The van der Waals surface area contributed by atoms with Crippen molar-refractivity contribution in [3.05, 3.63) is 33.5 Å². The van der Waals surface area contributed by atoms with Gasteiger partial charge in [0.05, 0.1) is 30.2 Å². The Morgan fingerprint density at radius 1 is 1.27 bits per heavy atom. The molecular formula is C17H22N4O3S2. The van der Waals surface area contributed by atoms with Gasteiger partial charge in [-0.05, 0) is 24.4 Å². The Balaban J connectivity index is 1.35. The van der Waals surface area contributed by atoms with Crippen molar-refractivity contribution in [3.8, 4) is 0 Å². The molecule has 1 aliphatic heterocycles. The number of morpholine rings is 1. The maximum atomic E-state index is 12.0. The van der Waals surface area contributed by atoms with Gasteiger partial charge < -0.3 is 10.1 Å². The number of amides is 2. The van der Waals surface area contributed by atoms with E-state index in [2.05, 4.69) is 20.5 Å². The predicted molar refractivity (Wildman–Crippen MR) is 103 cm³/mol. The van der Waals surface area contributed by atoms with Crippen molar-refractivity contribution in [3.63, 3.8) is 0 Å². The van der Waals surface area contributed by atoms with Gasteiger partial charge >= 0.3 is 0 Å². The number of anilines is 1. The van der Waals surface area contributed by atoms with Crippen molar-refractivity contribution in [1.29, 1.82) is 0 Å². The molecule has 7 nitrogen and oxygen atoms in total. The van der Waals surface area contributed by atoms with Gasteiger partial charge in [-0.3, -0.25) is 19.8 Å². The second kappa shape index (κ2) is 9.77. The first-order chi connectivity index (χ1) is 12.7. The largest absolute Gasteiger partial charge is 0.379 e. The molecule has 1 fully saturated rings. The Kier molecular flexibility index (Phi) is 7.13. The van der Waals surface area contributed by atoms with Crippen LogP contribution in [0.2, 0.25) is 0 Å². The van der Waals surface area contributed by atoms with Crippen LogP contribution in [0.3, 0.4) is 0 Å². The quantitative estimate of drug-likeness (QED) is 0.668. The van der Waals surface area contributed by atoms with Crippen LogP contribution in [0.15, 0.2) is 22.9 Å². The van der Waals surface area contributed by atoms with Crippen LogP contribution in [0.4, 0.5) is 5.13 Å². The van der Waals surface area contributed by atoms with Crippen molar-refractivity contribution in [1.82, 2.24) is 15.2 Å². The van der Waals surface area contributed by atoms with Crippen molar-refractivity contribution >= 4 is 39.6 Å². The van der Waals surface area contributed by atoms with Crippen LogP contribution in [0.5, 0.6) is 0 Å². The maximum absolute atomic E-state index is 12.0. The molecule has 0 atom stereocenters. The third-order valence-corrected chi connectivity index (χ3v) is 5.61. The summed E-state index contributed by atoms with van der Waals surface area (Å²) in [4.78, 5) is 31.3. The Labute approximate surface area is 160 Å². The summed E-state index contributed by atoms with van der Waals surface area (Å²) >= 11 is 2.71. The molecule has 9 heteroatoms. The van der Waals surface area contributed by atoms with Crippen LogP contribution in [0, 0.1) is 0 Å². The molecular weight excluding hydrogens is 372 g/mol. The lowest BCUT2D eigenvalue weighted by atomic mass is 10.3. The molecule has 3 heterocycles. The Morgan fingerprint density at radius 2 is 2.12 bits per heavy atom. The van der Waals surface area contributed by atoms with Crippen molar-refractivity contribution < 1.29 is 14.3 Å². The summed E-state index contributed by atoms with van der Waals surface area (Å²) < 4.78 is 5.31. The van der Waals surface area contributed by atoms with Gasteiger partial charge in [-0.15, -0.1) is 22.7 Å². The van der Waals surface area contributed by atoms with Gasteiger partial charge in [-0.2, -0.15) is 0 Å². The topological polar surface area (TPSA) is 83.6 Å². The Morgan fingerprint density at radius 3 is 2.88 bits per heavy atom. The van der Waals surface area contributed by atoms with Crippen LogP contribution in [-0.4, -0.2) is 61.1 Å². The van der Waals surface area contributed by atoms with Crippen LogP contribution < -0.4 is 10.6 Å². The molecule has 0 saturated carbocycles. The highest BCUT2D eigenvalue weighted by Gasteiger charge is 2.12. The number of nitrogens with one attached hydrogen (secondary N) is 2. The first-order valence-corrected chi connectivity index (χ1v) is 10.3. The normalized spacial score (nSPS) is 14.9. The summed E-state index contributed by atoms with van der Waals surface area (Å²) in [6.07, 6.45) is 1.15. The van der Waals surface area contributed by atoms with Crippen LogP contribution in [0.1, 0.15) is 21.8 Å². The number of carbonyl (C=O) groups excluding carboxylic acids is 2. The van der Waals surface area contributed by atoms with Gasteiger partial charge in [-0.25, -0.2) is 4.98 Å². The highest BCUT2D eigenvalue weighted by molar-refractivity contribution is 7.14. The molecule has 0 radical (unpaired) electrons. The molecule has 26 heavy (non-hydrogen) atoms. The van der Waals surface area contributed by atoms with Gasteiger partial charge in [-0.1, -0.05) is 6.07 Å². The number of thiazole rings is 1. The van der Waals surface area contributed by atoms with Gasteiger partial charge in [0.2, 0.25) is 5.91 Å². The molecule has 0 spiro atoms. The number of aromatic nitrogens is 1. The number of nitrogens with zero attached hydrogens (tertiary/aromatic N) is 2. The van der Waals surface area contributed by atoms with E-state index < -0.39 is 0 Å². The predicted octanol–water partition coefficient (Wildman–Crippen LogP) is 1.84. The smallest absolute Gasteiger partial charge is 0.267 e. The number of hydrogen-bond acceptors (Lipinski definition) is 7. The number of ether oxygens (including phenoxy) is 1. The molecule has 0 bridgehead atoms. The summed E-state index contributed by atoms with van der Waals surface area (Å²) in [5.41, 5.74) is 0.669. The molecule has 2 N–H and O–H groups in total. The van der Waals surface area contributed by atoms with E-state index in [0.29, 0.717) is 22.2 Å². The zero-order chi connectivity index (χ0) is 18.2. The second-order valence-electron chi connectivity index (χ2n) is 5.91. The van der Waals surface area contributed by atoms with E-state index in [1.807, 2.05) is 11.4 Å². The summed E-state index contributed by atoms with van der Waals surface area (Å²) in [6, 6.07) is 3.59. The van der Waals surface area contributed by atoms with Crippen molar-refractivity contribution in [2.45, 2.75) is 12.8 Å². The van der Waals surface area contributed by atoms with E-state index in [4.69, 9.17) is 4.74 Å². The number of carbonyl (C=O) groups is 2. The molecule has 2 aromatic heterocycles. The molecule has 0 aromatic carbocycles. The molecule has 2 aromatic rings. The third-order valence-electron chi connectivity index (χ3n) is 3.94. The average molecular weight is 395 g/mol. The highest BCUT2D eigenvalue weighted by Crippen LogP contribution is 2.18. The van der Waals surface area contributed by atoms with Crippen LogP contribution >= 0.6 is 22.7 Å². The first kappa shape index (κ1) is 19.0. The fourth-order valence-electron chi connectivity index (χ4n) is 2.59. The van der Waals surface area contributed by atoms with E-state index in [0.717, 1.165) is 39.3 Å². The van der Waals surface area contributed by atoms with Crippen LogP contribution in [0.25, 0.3) is 0 Å². The molecule has 0 unspecified atom stereocenters. The lowest BCUT2D eigenvalue weighted by molar-refractivity contribution is -0.120. The first-order valence-electron chi connectivity index (χ1n) is 8.57. The number of thiophene rings is 1. The van der Waals surface area contributed by atoms with Gasteiger partial charge in [0.1, 0.15) is 0 Å². The summed E-state index contributed by atoms with van der Waals surface area (Å²) in [5.74, 6) is -0.220. The molecule has 0 aliphatic carbocycles. The minimum atomic E-state index is -0.173. The summed E-state index contributed by atoms with van der Waals surface area (Å²) in [5, 5.41) is 9.85. The third kappa shape index (κ3) is 5.87. The van der Waals surface area contributed by atoms with Gasteiger partial charge in [0.25, 0.3) is 5.91 Å². The molecule has 140 valence electrons. The van der Waals surface area contributed by atoms with Gasteiger partial charge in [0.15, 0.2) is 5.13 Å². The molecule has 3 rings (SSSR count). The minimum absolute atomic E-state index is 0.0478. The monoisotopic (exact) mass is 394 g/mol. The fraction of sp³-hybridized carbons (Fsp3) is 0.471. The lowest BCUT2D eigenvalue weighted by Crippen LogP contribution is -2.38. The summed E-state index contributed by atoms with van der Waals surface area (Å²) in [7, 11) is 0. The Hall–Kier alpha value is -1.81. The van der Waals surface area contributed by atoms with Gasteiger partial charge in [0, 0.05) is 25.0 Å². The Bertz CT molecular complexity index is 711. The molecule has 1 aliphatic rings. The fourth-order valence-corrected chi connectivity index (χ4v) is 3.92. The lowest BCUT2D eigenvalue weighted by Gasteiger charge is -2.26. The van der Waals surface area contributed by atoms with E-state index in [1.165, 1.54) is 22.7 Å². The van der Waals surface area contributed by atoms with Crippen molar-refractivity contribution in [2.24, 2.45) is 0 Å². The number of rotatable bonds is 8. The standard InChI is InChI=1S/C17H22N4O3S2/c22-15(18-4-2-5-21-6-8-24-9-7-21)11-13-12-26-17(19-13)20-16(23)14-3-1-10-25-14/h1,3,10,12H,2,4-9,11H2,(H,18,22)(H,19,20,23). The minimum Gasteiger partial charge on any atom is -0.379 e. The SMILES string of the molecule is O=C(Cc1csc(NC(=O)c2cccs2)n1)NCCCN1CCOCC1. The highest BCUT2D eigenvalue weighted by atomic mass is 32.1. The van der Waals surface area contributed by atoms with E-state index in [9.17, 15) is 9.59 Å². The molecule has 2 amide bonds. The van der Waals surface area contributed by atoms with E-state index in [1.54, 1.807) is 11.4 Å². The molecule has 1 saturated heterocycles. The second-order valence-corrected chi connectivity index (χ2v) is 7.72. The average Bonchev–Trinajstić information content (AvgIpc) is 3.32. The van der Waals surface area contributed by atoms with E-state index in [-0.39, 0.29) is 18.2 Å². The van der Waals surface area contributed by atoms with Crippen LogP contribution in [-0.2, 0) is 16.0 Å². The van der Waals surface area contributed by atoms with Crippen molar-refractivity contribution in [2.75, 3.05) is 44.7 Å². The zero-order valence-electron chi connectivity index (χ0n) is 14.4. The summed E-state index contributed by atoms with van der Waals surface area (Å²) in [6.45, 7) is 5.14. The maximum Gasteiger partial charge on any atom is 0.267 e. The zero-order valence-corrected chi connectivity index (χ0v) is 16.0. The van der Waals surface area contributed by atoms with E-state index >= 15 is 0 Å².